The quantitative estimate of drug-likeness (QED) is 0.601. The summed E-state index contributed by atoms with van der Waals surface area (Å²) in [6, 6.07) is 0. The van der Waals surface area contributed by atoms with Crippen LogP contribution in [0.5, 0.6) is 0 Å². The number of hydrazine groups is 1. The van der Waals surface area contributed by atoms with Crippen LogP contribution >= 0.6 is 0 Å². The van der Waals surface area contributed by atoms with E-state index in [-0.39, 0.29) is 0 Å². The number of ether oxygens (including phenoxy) is 1. The van der Waals surface area contributed by atoms with E-state index in [1.807, 2.05) is 20.8 Å². The predicted molar refractivity (Wildman–Crippen MR) is 53.6 cm³/mol. The molecule has 0 aromatic heterocycles. The highest BCUT2D eigenvalue weighted by Gasteiger charge is 2.23. The molecule has 0 aromatic carbocycles. The largest absolute Gasteiger partial charge is 0.491 e. The summed E-state index contributed by atoms with van der Waals surface area (Å²) in [5.74, 6) is 1.04. The Morgan fingerprint density at radius 3 is 2.31 bits per heavy atom. The van der Waals surface area contributed by atoms with Crippen LogP contribution in [0.25, 0.3) is 0 Å². The normalized spacial score (nSPS) is 19.4. The zero-order valence-electron chi connectivity index (χ0n) is 8.82. The van der Waals surface area contributed by atoms with Crippen molar-refractivity contribution in [1.82, 2.24) is 10.9 Å². The molecular formula is C10H18N2O. The van der Waals surface area contributed by atoms with Gasteiger partial charge in [-0.1, -0.05) is 13.8 Å². The highest BCUT2D eigenvalue weighted by molar-refractivity contribution is 5.37. The van der Waals surface area contributed by atoms with Crippen molar-refractivity contribution < 1.29 is 4.74 Å². The van der Waals surface area contributed by atoms with Gasteiger partial charge in [0.2, 0.25) is 0 Å². The van der Waals surface area contributed by atoms with Gasteiger partial charge in [0.15, 0.2) is 0 Å². The predicted octanol–water partition coefficient (Wildman–Crippen LogP) is 2.05. The Balaban J connectivity index is 0.000000396. The van der Waals surface area contributed by atoms with Crippen molar-refractivity contribution in [2.24, 2.45) is 0 Å². The van der Waals surface area contributed by atoms with Crippen LogP contribution in [-0.4, -0.2) is 6.61 Å². The maximum atomic E-state index is 5.46. The zero-order valence-corrected chi connectivity index (χ0v) is 8.82. The van der Waals surface area contributed by atoms with E-state index in [1.54, 1.807) is 0 Å². The van der Waals surface area contributed by atoms with E-state index in [0.717, 1.165) is 24.5 Å². The standard InChI is InChI=1S/C8H12N2O.C2H6/c1-5-7-3-4-11-8(7)6(2)10-9-5;1-2/h9-10H,3-4H2,1-2H3;1-2H3. The topological polar surface area (TPSA) is 33.3 Å². The van der Waals surface area contributed by atoms with Gasteiger partial charge >= 0.3 is 0 Å². The Labute approximate surface area is 79.8 Å². The number of allylic oxidation sites excluding steroid dienone is 3. The van der Waals surface area contributed by atoms with Crippen molar-refractivity contribution in [3.8, 4) is 0 Å². The van der Waals surface area contributed by atoms with E-state index in [9.17, 15) is 0 Å². The van der Waals surface area contributed by atoms with Gasteiger partial charge in [-0.05, 0) is 13.8 Å². The Kier molecular flexibility index (Phi) is 3.23. The molecule has 1 fully saturated rings. The van der Waals surface area contributed by atoms with Crippen molar-refractivity contribution in [1.29, 1.82) is 0 Å². The molecule has 3 nitrogen and oxygen atoms in total. The first-order chi connectivity index (χ1) is 6.29. The van der Waals surface area contributed by atoms with Gasteiger partial charge < -0.3 is 15.6 Å². The van der Waals surface area contributed by atoms with Crippen LogP contribution in [0.4, 0.5) is 0 Å². The summed E-state index contributed by atoms with van der Waals surface area (Å²) < 4.78 is 5.46. The molecule has 0 bridgehead atoms. The Hall–Kier alpha value is -1.12. The average molecular weight is 182 g/mol. The van der Waals surface area contributed by atoms with Crippen LogP contribution in [0.3, 0.4) is 0 Å². The third-order valence-corrected chi connectivity index (χ3v) is 2.10. The number of hydrogen-bond acceptors (Lipinski definition) is 3. The minimum absolute atomic E-state index is 0.822. The summed E-state index contributed by atoms with van der Waals surface area (Å²) in [4.78, 5) is 0. The molecule has 13 heavy (non-hydrogen) atoms. The summed E-state index contributed by atoms with van der Waals surface area (Å²) in [5.41, 5.74) is 9.74. The fourth-order valence-corrected chi connectivity index (χ4v) is 1.47. The van der Waals surface area contributed by atoms with Crippen LogP contribution < -0.4 is 10.9 Å². The third kappa shape index (κ3) is 1.79. The summed E-state index contributed by atoms with van der Waals surface area (Å²) in [5, 5.41) is 0. The van der Waals surface area contributed by atoms with E-state index in [4.69, 9.17) is 4.74 Å². The second kappa shape index (κ2) is 4.21. The number of fused-ring (bicyclic) bond motifs is 1. The average Bonchev–Trinajstić information content (AvgIpc) is 2.64. The van der Waals surface area contributed by atoms with Crippen LogP contribution in [0.1, 0.15) is 34.1 Å². The van der Waals surface area contributed by atoms with Crippen molar-refractivity contribution in [3.63, 3.8) is 0 Å². The lowest BCUT2D eigenvalue weighted by Gasteiger charge is -2.19. The second-order valence-electron chi connectivity index (χ2n) is 2.91. The third-order valence-electron chi connectivity index (χ3n) is 2.10. The van der Waals surface area contributed by atoms with Gasteiger partial charge in [-0.2, -0.15) is 0 Å². The second-order valence-corrected chi connectivity index (χ2v) is 2.91. The molecule has 2 heterocycles. The molecule has 2 N–H and O–H groups in total. The van der Waals surface area contributed by atoms with Crippen LogP contribution in [0.2, 0.25) is 0 Å². The molecule has 0 unspecified atom stereocenters. The van der Waals surface area contributed by atoms with Crippen molar-refractivity contribution in [2.75, 3.05) is 6.61 Å². The molecule has 0 aliphatic carbocycles. The number of rotatable bonds is 0. The first kappa shape index (κ1) is 9.96. The molecule has 0 atom stereocenters. The highest BCUT2D eigenvalue weighted by Crippen LogP contribution is 2.29. The first-order valence-electron chi connectivity index (χ1n) is 4.85. The van der Waals surface area contributed by atoms with Gasteiger partial charge in [0.25, 0.3) is 0 Å². The van der Waals surface area contributed by atoms with Crippen LogP contribution in [0.15, 0.2) is 22.7 Å². The molecule has 2 rings (SSSR count). The Morgan fingerprint density at radius 2 is 1.69 bits per heavy atom. The number of hydrogen-bond donors (Lipinski definition) is 2. The lowest BCUT2D eigenvalue weighted by molar-refractivity contribution is 0.258. The molecule has 1 saturated heterocycles. The molecule has 2 aliphatic rings. The van der Waals surface area contributed by atoms with Crippen molar-refractivity contribution >= 4 is 0 Å². The lowest BCUT2D eigenvalue weighted by atomic mass is 10.1. The molecule has 0 radical (unpaired) electrons. The molecule has 74 valence electrons. The minimum Gasteiger partial charge on any atom is -0.491 e. The van der Waals surface area contributed by atoms with Gasteiger partial charge in [0, 0.05) is 17.7 Å². The van der Waals surface area contributed by atoms with E-state index in [1.165, 1.54) is 11.3 Å². The lowest BCUT2D eigenvalue weighted by Crippen LogP contribution is -2.33. The van der Waals surface area contributed by atoms with E-state index in [2.05, 4.69) is 17.8 Å². The Morgan fingerprint density at radius 1 is 1.08 bits per heavy atom. The fourth-order valence-electron chi connectivity index (χ4n) is 1.47. The summed E-state index contributed by atoms with van der Waals surface area (Å²) >= 11 is 0. The van der Waals surface area contributed by atoms with Gasteiger partial charge in [-0.15, -0.1) is 0 Å². The fraction of sp³-hybridized carbons (Fsp3) is 0.600. The molecule has 0 saturated carbocycles. The molecule has 3 heteroatoms. The van der Waals surface area contributed by atoms with Crippen molar-refractivity contribution in [3.05, 3.63) is 22.7 Å². The summed E-state index contributed by atoms with van der Waals surface area (Å²) in [6.07, 6.45) is 1.03. The van der Waals surface area contributed by atoms with Gasteiger partial charge in [-0.3, -0.25) is 0 Å². The van der Waals surface area contributed by atoms with Gasteiger partial charge in [0.05, 0.1) is 12.3 Å². The molecular weight excluding hydrogens is 164 g/mol. The van der Waals surface area contributed by atoms with E-state index < -0.39 is 0 Å². The van der Waals surface area contributed by atoms with E-state index in [0.29, 0.717) is 0 Å². The summed E-state index contributed by atoms with van der Waals surface area (Å²) in [6.45, 7) is 8.90. The molecule has 0 amide bonds. The monoisotopic (exact) mass is 182 g/mol. The maximum absolute atomic E-state index is 5.46. The molecule has 0 aromatic rings. The first-order valence-corrected chi connectivity index (χ1v) is 4.85. The number of nitrogens with one attached hydrogen (secondary N) is 2. The Bertz CT molecular complexity index is 228. The minimum atomic E-state index is 0.822. The van der Waals surface area contributed by atoms with Crippen LogP contribution in [-0.2, 0) is 4.74 Å². The van der Waals surface area contributed by atoms with Gasteiger partial charge in [0.1, 0.15) is 5.76 Å². The van der Waals surface area contributed by atoms with Gasteiger partial charge in [-0.25, -0.2) is 0 Å². The maximum Gasteiger partial charge on any atom is 0.144 e. The smallest absolute Gasteiger partial charge is 0.144 e. The SMILES string of the molecule is CC.CC1=C2CCOC2=C(C)NN1. The zero-order chi connectivity index (χ0) is 9.84. The molecule has 2 aliphatic heterocycles. The highest BCUT2D eigenvalue weighted by atomic mass is 16.5. The van der Waals surface area contributed by atoms with E-state index >= 15 is 0 Å². The molecule has 0 spiro atoms. The van der Waals surface area contributed by atoms with Crippen molar-refractivity contribution in [2.45, 2.75) is 34.1 Å². The summed E-state index contributed by atoms with van der Waals surface area (Å²) in [7, 11) is 0. The van der Waals surface area contributed by atoms with Crippen LogP contribution in [0, 0.1) is 0 Å².